The van der Waals surface area contributed by atoms with E-state index in [-0.39, 0.29) is 6.61 Å². The first kappa shape index (κ1) is 7.61. The van der Waals surface area contributed by atoms with Gasteiger partial charge >= 0.3 is 0 Å². The lowest BCUT2D eigenvalue weighted by molar-refractivity contribution is 0.241. The van der Waals surface area contributed by atoms with Crippen LogP contribution in [0.4, 0.5) is 0 Å². The van der Waals surface area contributed by atoms with E-state index in [1.165, 1.54) is 12.8 Å². The third-order valence-electron chi connectivity index (χ3n) is 1.96. The Bertz CT molecular complexity index is 122. The van der Waals surface area contributed by atoms with E-state index >= 15 is 0 Å². The van der Waals surface area contributed by atoms with Crippen LogP contribution in [-0.2, 0) is 4.74 Å². The first-order valence-corrected chi connectivity index (χ1v) is 3.74. The summed E-state index contributed by atoms with van der Waals surface area (Å²) in [6, 6.07) is 0. The first-order valence-electron chi connectivity index (χ1n) is 3.74. The van der Waals surface area contributed by atoms with Gasteiger partial charge in [0.2, 0.25) is 0 Å². The Morgan fingerprint density at radius 3 is 2.60 bits per heavy atom. The van der Waals surface area contributed by atoms with E-state index in [1.807, 2.05) is 0 Å². The number of methoxy groups -OCH3 is 1. The molecule has 0 aromatic heterocycles. The fourth-order valence-corrected chi connectivity index (χ4v) is 1.35. The highest BCUT2D eigenvalue weighted by molar-refractivity contribution is 5.11. The molecule has 10 heavy (non-hydrogen) atoms. The molecule has 1 aliphatic rings. The minimum absolute atomic E-state index is 0.170. The van der Waals surface area contributed by atoms with Crippen molar-refractivity contribution in [3.8, 4) is 0 Å². The highest BCUT2D eigenvalue weighted by Gasteiger charge is 2.11. The molecule has 0 radical (unpaired) electrons. The molecule has 58 valence electrons. The Morgan fingerprint density at radius 1 is 1.40 bits per heavy atom. The monoisotopic (exact) mass is 142 g/mol. The molecule has 0 fully saturated rings. The van der Waals surface area contributed by atoms with Crippen LogP contribution in [0, 0.1) is 0 Å². The molecule has 1 aliphatic carbocycles. The van der Waals surface area contributed by atoms with E-state index in [1.54, 1.807) is 7.11 Å². The molecule has 0 saturated carbocycles. The second kappa shape index (κ2) is 3.62. The highest BCUT2D eigenvalue weighted by Crippen LogP contribution is 2.24. The topological polar surface area (TPSA) is 29.5 Å². The van der Waals surface area contributed by atoms with Crippen molar-refractivity contribution in [2.75, 3.05) is 13.7 Å². The molecule has 0 heterocycles. The predicted molar refractivity (Wildman–Crippen MR) is 39.6 cm³/mol. The summed E-state index contributed by atoms with van der Waals surface area (Å²) < 4.78 is 5.11. The number of hydrogen-bond acceptors (Lipinski definition) is 2. The zero-order valence-electron chi connectivity index (χ0n) is 6.39. The van der Waals surface area contributed by atoms with Gasteiger partial charge in [-0.15, -0.1) is 0 Å². The minimum atomic E-state index is 0.170. The molecule has 2 heteroatoms. The van der Waals surface area contributed by atoms with Crippen molar-refractivity contribution < 1.29 is 9.84 Å². The fourth-order valence-electron chi connectivity index (χ4n) is 1.35. The molecule has 0 spiro atoms. The molecular formula is C8H14O2. The smallest absolute Gasteiger partial charge is 0.0970 e. The number of aliphatic hydroxyl groups is 1. The Kier molecular flexibility index (Phi) is 2.75. The molecule has 1 N–H and O–H groups in total. The maximum atomic E-state index is 8.85. The van der Waals surface area contributed by atoms with Crippen molar-refractivity contribution in [2.45, 2.75) is 25.7 Å². The number of aliphatic hydroxyl groups excluding tert-OH is 1. The van der Waals surface area contributed by atoms with Crippen LogP contribution in [0.25, 0.3) is 0 Å². The van der Waals surface area contributed by atoms with Crippen molar-refractivity contribution in [3.05, 3.63) is 11.3 Å². The zero-order valence-corrected chi connectivity index (χ0v) is 6.39. The SMILES string of the molecule is COC1=C(CO)CCCC1. The summed E-state index contributed by atoms with van der Waals surface area (Å²) in [5.74, 6) is 1.01. The Morgan fingerprint density at radius 2 is 2.10 bits per heavy atom. The van der Waals surface area contributed by atoms with E-state index in [2.05, 4.69) is 0 Å². The zero-order chi connectivity index (χ0) is 7.40. The second-order valence-electron chi connectivity index (χ2n) is 2.60. The van der Waals surface area contributed by atoms with Crippen LogP contribution in [-0.4, -0.2) is 18.8 Å². The molecule has 0 saturated heterocycles. The van der Waals surface area contributed by atoms with Gasteiger partial charge in [0.15, 0.2) is 0 Å². The van der Waals surface area contributed by atoms with Crippen molar-refractivity contribution in [2.24, 2.45) is 0 Å². The average molecular weight is 142 g/mol. The molecule has 0 atom stereocenters. The van der Waals surface area contributed by atoms with E-state index in [0.29, 0.717) is 0 Å². The number of ether oxygens (including phenoxy) is 1. The normalized spacial score (nSPS) is 19.4. The largest absolute Gasteiger partial charge is 0.501 e. The van der Waals surface area contributed by atoms with E-state index < -0.39 is 0 Å². The van der Waals surface area contributed by atoms with Crippen molar-refractivity contribution in [1.82, 2.24) is 0 Å². The molecular weight excluding hydrogens is 128 g/mol. The maximum Gasteiger partial charge on any atom is 0.0970 e. The summed E-state index contributed by atoms with van der Waals surface area (Å²) in [4.78, 5) is 0. The molecule has 2 nitrogen and oxygen atoms in total. The third-order valence-corrected chi connectivity index (χ3v) is 1.96. The summed E-state index contributed by atoms with van der Waals surface area (Å²) in [5.41, 5.74) is 1.09. The van der Waals surface area contributed by atoms with Crippen molar-refractivity contribution >= 4 is 0 Å². The van der Waals surface area contributed by atoms with E-state index in [0.717, 1.165) is 24.2 Å². The van der Waals surface area contributed by atoms with Gasteiger partial charge in [0, 0.05) is 6.42 Å². The van der Waals surface area contributed by atoms with Crippen LogP contribution in [0.15, 0.2) is 11.3 Å². The number of allylic oxidation sites excluding steroid dienone is 1. The summed E-state index contributed by atoms with van der Waals surface area (Å²) >= 11 is 0. The quantitative estimate of drug-likeness (QED) is 0.632. The van der Waals surface area contributed by atoms with Gasteiger partial charge in [-0.25, -0.2) is 0 Å². The van der Waals surface area contributed by atoms with Crippen LogP contribution in [0.3, 0.4) is 0 Å². The lowest BCUT2D eigenvalue weighted by Crippen LogP contribution is -2.04. The molecule has 0 unspecified atom stereocenters. The van der Waals surface area contributed by atoms with Gasteiger partial charge in [-0.3, -0.25) is 0 Å². The standard InChI is InChI=1S/C8H14O2/c1-10-8-5-3-2-4-7(8)6-9/h9H,2-6H2,1H3. The van der Waals surface area contributed by atoms with Gasteiger partial charge < -0.3 is 9.84 Å². The van der Waals surface area contributed by atoms with Gasteiger partial charge in [0.05, 0.1) is 19.5 Å². The average Bonchev–Trinajstić information content (AvgIpc) is 2.04. The van der Waals surface area contributed by atoms with Gasteiger partial charge in [0.25, 0.3) is 0 Å². The highest BCUT2D eigenvalue weighted by atomic mass is 16.5. The lowest BCUT2D eigenvalue weighted by atomic mass is 9.98. The predicted octanol–water partition coefficient (Wildman–Crippen LogP) is 1.45. The molecule has 0 aliphatic heterocycles. The van der Waals surface area contributed by atoms with Crippen LogP contribution in [0.1, 0.15) is 25.7 Å². The first-order chi connectivity index (χ1) is 4.88. The molecule has 0 amide bonds. The Hall–Kier alpha value is -0.500. The Balaban J connectivity index is 2.63. The van der Waals surface area contributed by atoms with Crippen LogP contribution in [0.5, 0.6) is 0 Å². The van der Waals surface area contributed by atoms with Gasteiger partial charge in [-0.1, -0.05) is 0 Å². The second-order valence-corrected chi connectivity index (χ2v) is 2.60. The van der Waals surface area contributed by atoms with E-state index in [4.69, 9.17) is 9.84 Å². The number of rotatable bonds is 2. The number of hydrogen-bond donors (Lipinski definition) is 1. The molecule has 0 bridgehead atoms. The summed E-state index contributed by atoms with van der Waals surface area (Å²) in [5, 5.41) is 8.85. The third kappa shape index (κ3) is 1.51. The van der Waals surface area contributed by atoms with Crippen molar-refractivity contribution in [3.63, 3.8) is 0 Å². The molecule has 0 aromatic rings. The Labute approximate surface area is 61.5 Å². The van der Waals surface area contributed by atoms with Crippen LogP contribution in [0.2, 0.25) is 0 Å². The molecule has 0 aromatic carbocycles. The van der Waals surface area contributed by atoms with Crippen molar-refractivity contribution in [1.29, 1.82) is 0 Å². The molecule has 1 rings (SSSR count). The van der Waals surface area contributed by atoms with Gasteiger partial charge in [-0.05, 0) is 24.8 Å². The van der Waals surface area contributed by atoms with Gasteiger partial charge in [0.1, 0.15) is 0 Å². The van der Waals surface area contributed by atoms with Gasteiger partial charge in [-0.2, -0.15) is 0 Å². The van der Waals surface area contributed by atoms with Crippen LogP contribution >= 0.6 is 0 Å². The van der Waals surface area contributed by atoms with Crippen LogP contribution < -0.4 is 0 Å². The lowest BCUT2D eigenvalue weighted by Gasteiger charge is -2.16. The summed E-state index contributed by atoms with van der Waals surface area (Å²) in [6.07, 6.45) is 4.42. The summed E-state index contributed by atoms with van der Waals surface area (Å²) in [6.45, 7) is 0.170. The fraction of sp³-hybridized carbons (Fsp3) is 0.750. The summed E-state index contributed by atoms with van der Waals surface area (Å²) in [7, 11) is 1.68. The minimum Gasteiger partial charge on any atom is -0.501 e. The maximum absolute atomic E-state index is 8.85. The van der Waals surface area contributed by atoms with E-state index in [9.17, 15) is 0 Å².